The van der Waals surface area contributed by atoms with Crippen LogP contribution in [0.2, 0.25) is 0 Å². The number of piperidine rings is 1. The van der Waals surface area contributed by atoms with E-state index in [9.17, 15) is 0 Å². The fourth-order valence-corrected chi connectivity index (χ4v) is 3.13. The van der Waals surface area contributed by atoms with Crippen molar-refractivity contribution in [3.05, 3.63) is 0 Å². The van der Waals surface area contributed by atoms with Gasteiger partial charge in [0, 0.05) is 18.0 Å². The van der Waals surface area contributed by atoms with Crippen LogP contribution < -0.4 is 0 Å². The summed E-state index contributed by atoms with van der Waals surface area (Å²) in [7, 11) is 0. The Labute approximate surface area is 92.8 Å². The average Bonchev–Trinajstić information content (AvgIpc) is 2.10. The Morgan fingerprint density at radius 3 is 2.64 bits per heavy atom. The van der Waals surface area contributed by atoms with Crippen LogP contribution in [-0.4, -0.2) is 29.4 Å². The maximum atomic E-state index is 6.31. The zero-order valence-electron chi connectivity index (χ0n) is 9.43. The molecule has 1 nitrogen and oxygen atoms in total. The molecule has 2 rings (SSSR count). The van der Waals surface area contributed by atoms with Crippen LogP contribution in [-0.2, 0) is 0 Å². The van der Waals surface area contributed by atoms with Crippen LogP contribution in [0.3, 0.4) is 0 Å². The largest absolute Gasteiger partial charge is 0.299 e. The van der Waals surface area contributed by atoms with Crippen molar-refractivity contribution in [1.82, 2.24) is 4.90 Å². The van der Waals surface area contributed by atoms with Gasteiger partial charge in [-0.3, -0.25) is 4.90 Å². The molecule has 2 unspecified atom stereocenters. The van der Waals surface area contributed by atoms with E-state index in [1.54, 1.807) is 0 Å². The fraction of sp³-hybridized carbons (Fsp3) is 1.00. The summed E-state index contributed by atoms with van der Waals surface area (Å²) >= 11 is 6.31. The molecule has 1 aliphatic carbocycles. The molecule has 2 atom stereocenters. The van der Waals surface area contributed by atoms with Crippen LogP contribution in [0.5, 0.6) is 0 Å². The van der Waals surface area contributed by atoms with E-state index in [4.69, 9.17) is 11.6 Å². The van der Waals surface area contributed by atoms with Crippen molar-refractivity contribution in [3.8, 4) is 0 Å². The van der Waals surface area contributed by atoms with Crippen LogP contribution in [0.1, 0.15) is 46.0 Å². The van der Waals surface area contributed by atoms with Crippen molar-refractivity contribution in [3.63, 3.8) is 0 Å². The molecule has 1 saturated carbocycles. The Morgan fingerprint density at radius 2 is 2.07 bits per heavy atom. The Morgan fingerprint density at radius 1 is 1.36 bits per heavy atom. The molecule has 0 aromatic rings. The van der Waals surface area contributed by atoms with E-state index >= 15 is 0 Å². The van der Waals surface area contributed by atoms with Crippen molar-refractivity contribution in [2.24, 2.45) is 5.41 Å². The Hall–Kier alpha value is 0.250. The Kier molecular flexibility index (Phi) is 3.09. The predicted octanol–water partition coefficient (Wildman–Crippen LogP) is 3.27. The van der Waals surface area contributed by atoms with E-state index < -0.39 is 0 Å². The third-order valence-electron chi connectivity index (χ3n) is 4.17. The van der Waals surface area contributed by atoms with E-state index in [0.717, 1.165) is 0 Å². The highest BCUT2D eigenvalue weighted by molar-refractivity contribution is 6.21. The minimum atomic E-state index is 0.382. The van der Waals surface area contributed by atoms with Crippen LogP contribution in [0.4, 0.5) is 0 Å². The zero-order chi connectivity index (χ0) is 10.2. The molecule has 1 saturated heterocycles. The van der Waals surface area contributed by atoms with Gasteiger partial charge in [0.15, 0.2) is 0 Å². The van der Waals surface area contributed by atoms with E-state index in [2.05, 4.69) is 18.7 Å². The summed E-state index contributed by atoms with van der Waals surface area (Å²) in [4.78, 5) is 2.61. The van der Waals surface area contributed by atoms with Gasteiger partial charge in [-0.25, -0.2) is 0 Å². The van der Waals surface area contributed by atoms with Crippen LogP contribution >= 0.6 is 11.6 Å². The summed E-state index contributed by atoms with van der Waals surface area (Å²) in [5.74, 6) is 0. The van der Waals surface area contributed by atoms with Gasteiger partial charge in [-0.2, -0.15) is 0 Å². The maximum Gasteiger partial charge on any atom is 0.0489 e. The lowest BCUT2D eigenvalue weighted by Gasteiger charge is -2.46. The molecule has 0 aromatic heterocycles. The predicted molar refractivity (Wildman–Crippen MR) is 61.9 cm³/mol. The van der Waals surface area contributed by atoms with Gasteiger partial charge in [-0.05, 0) is 44.6 Å². The van der Waals surface area contributed by atoms with Gasteiger partial charge in [0.1, 0.15) is 0 Å². The normalized spacial score (nSPS) is 37.9. The summed E-state index contributed by atoms with van der Waals surface area (Å²) < 4.78 is 0. The Bertz CT molecular complexity index is 200. The highest BCUT2D eigenvalue weighted by Gasteiger charge is 2.36. The van der Waals surface area contributed by atoms with Crippen molar-refractivity contribution in [1.29, 1.82) is 0 Å². The number of alkyl halides is 1. The molecule has 1 heterocycles. The molecule has 0 aromatic carbocycles. The van der Waals surface area contributed by atoms with Crippen LogP contribution in [0.15, 0.2) is 0 Å². The summed E-state index contributed by atoms with van der Waals surface area (Å²) in [6, 6.07) is 0.586. The van der Waals surface area contributed by atoms with Gasteiger partial charge in [0.05, 0.1) is 0 Å². The van der Waals surface area contributed by atoms with Crippen molar-refractivity contribution < 1.29 is 0 Å². The summed E-state index contributed by atoms with van der Waals surface area (Å²) in [6.07, 6.45) is 6.76. The molecule has 0 spiro atoms. The second-order valence-electron chi connectivity index (χ2n) is 5.53. The average molecular weight is 216 g/mol. The monoisotopic (exact) mass is 215 g/mol. The van der Waals surface area contributed by atoms with Gasteiger partial charge in [-0.15, -0.1) is 11.6 Å². The SMILES string of the molecule is CC1C(Cl)CCCN1CC1(C)CCC1. The van der Waals surface area contributed by atoms with Gasteiger partial charge in [0.2, 0.25) is 0 Å². The molecule has 14 heavy (non-hydrogen) atoms. The first-order chi connectivity index (χ1) is 6.61. The molecule has 0 bridgehead atoms. The molecule has 0 N–H and O–H groups in total. The highest BCUT2D eigenvalue weighted by atomic mass is 35.5. The van der Waals surface area contributed by atoms with Gasteiger partial charge < -0.3 is 0 Å². The quantitative estimate of drug-likeness (QED) is 0.640. The number of rotatable bonds is 2. The molecule has 0 radical (unpaired) electrons. The smallest absolute Gasteiger partial charge is 0.0489 e. The van der Waals surface area contributed by atoms with Crippen molar-refractivity contribution in [2.45, 2.75) is 57.4 Å². The van der Waals surface area contributed by atoms with Crippen LogP contribution in [0.25, 0.3) is 0 Å². The van der Waals surface area contributed by atoms with Gasteiger partial charge in [-0.1, -0.05) is 13.3 Å². The van der Waals surface area contributed by atoms with E-state index in [-0.39, 0.29) is 0 Å². The van der Waals surface area contributed by atoms with E-state index in [1.165, 1.54) is 45.2 Å². The van der Waals surface area contributed by atoms with E-state index in [1.807, 2.05) is 0 Å². The van der Waals surface area contributed by atoms with E-state index in [0.29, 0.717) is 16.8 Å². The number of hydrogen-bond acceptors (Lipinski definition) is 1. The third-order valence-corrected chi connectivity index (χ3v) is 4.75. The minimum Gasteiger partial charge on any atom is -0.299 e. The minimum absolute atomic E-state index is 0.382. The first-order valence-electron chi connectivity index (χ1n) is 5.99. The lowest BCUT2D eigenvalue weighted by molar-refractivity contribution is 0.0494. The number of halogens is 1. The second kappa shape index (κ2) is 4.02. The lowest BCUT2D eigenvalue weighted by Crippen LogP contribution is -2.50. The van der Waals surface area contributed by atoms with Crippen LogP contribution in [0, 0.1) is 5.41 Å². The van der Waals surface area contributed by atoms with Crippen molar-refractivity contribution in [2.75, 3.05) is 13.1 Å². The van der Waals surface area contributed by atoms with Gasteiger partial charge in [0.25, 0.3) is 0 Å². The Balaban J connectivity index is 1.89. The molecule has 2 heteroatoms. The molecular weight excluding hydrogens is 194 g/mol. The first-order valence-corrected chi connectivity index (χ1v) is 6.42. The third kappa shape index (κ3) is 2.09. The topological polar surface area (TPSA) is 3.24 Å². The second-order valence-corrected chi connectivity index (χ2v) is 6.09. The molecular formula is C12H22ClN. The summed E-state index contributed by atoms with van der Waals surface area (Å²) in [5, 5.41) is 0.382. The number of nitrogens with zero attached hydrogens (tertiary/aromatic N) is 1. The summed E-state index contributed by atoms with van der Waals surface area (Å²) in [5.41, 5.74) is 0.613. The van der Waals surface area contributed by atoms with Gasteiger partial charge >= 0.3 is 0 Å². The number of hydrogen-bond donors (Lipinski definition) is 0. The highest BCUT2D eigenvalue weighted by Crippen LogP contribution is 2.42. The summed E-state index contributed by atoms with van der Waals surface area (Å²) in [6.45, 7) is 7.26. The van der Waals surface area contributed by atoms with Crippen molar-refractivity contribution >= 4 is 11.6 Å². The molecule has 82 valence electrons. The molecule has 2 fully saturated rings. The molecule has 2 aliphatic rings. The maximum absolute atomic E-state index is 6.31. The number of likely N-dealkylation sites (tertiary alicyclic amines) is 1. The standard InChI is InChI=1S/C12H22ClN/c1-10-11(13)5-3-8-14(10)9-12(2)6-4-7-12/h10-11H,3-9H2,1-2H3. The lowest BCUT2D eigenvalue weighted by atomic mass is 9.70. The molecule has 1 aliphatic heterocycles. The first kappa shape index (κ1) is 10.8. The zero-order valence-corrected chi connectivity index (χ0v) is 10.2. The fourth-order valence-electron chi connectivity index (χ4n) is 2.81. The molecule has 0 amide bonds.